The highest BCUT2D eigenvalue weighted by Crippen LogP contribution is 2.29. The Hall–Kier alpha value is -4.43. The van der Waals surface area contributed by atoms with Crippen molar-refractivity contribution in [3.8, 4) is 16.9 Å². The number of aliphatic imine (C=N–C) groups is 1. The van der Waals surface area contributed by atoms with Gasteiger partial charge in [0, 0.05) is 29.1 Å². The van der Waals surface area contributed by atoms with E-state index in [1.807, 2.05) is 60.7 Å². The Bertz CT molecular complexity index is 1460. The maximum Gasteiger partial charge on any atom is 0.256 e. The molecule has 0 radical (unpaired) electrons. The van der Waals surface area contributed by atoms with Crippen LogP contribution in [0, 0.1) is 0 Å². The van der Waals surface area contributed by atoms with Gasteiger partial charge in [0.2, 0.25) is 0 Å². The highest BCUT2D eigenvalue weighted by atomic mass is 32.1. The number of guanidine groups is 1. The second-order valence-corrected chi connectivity index (χ2v) is 11.0. The first-order valence-corrected chi connectivity index (χ1v) is 16.0. The van der Waals surface area contributed by atoms with Crippen molar-refractivity contribution in [1.29, 1.82) is 0 Å². The normalized spacial score (nSPS) is 11.2. The second kappa shape index (κ2) is 20.5. The van der Waals surface area contributed by atoms with Crippen molar-refractivity contribution in [3.63, 3.8) is 0 Å². The fourth-order valence-corrected chi connectivity index (χ4v) is 4.66. The Morgan fingerprint density at radius 1 is 0.956 bits per heavy atom. The molecule has 0 aliphatic heterocycles. The largest absolute Gasteiger partial charge is 0.506 e. The minimum Gasteiger partial charge on any atom is -0.506 e. The molecular formula is C37H49N5O2S. The second-order valence-electron chi connectivity index (χ2n) is 10.7. The molecular weight excluding hydrogens is 579 g/mol. The summed E-state index contributed by atoms with van der Waals surface area (Å²) in [6.07, 6.45) is 9.89. The van der Waals surface area contributed by atoms with Crippen LogP contribution in [0.2, 0.25) is 0 Å². The summed E-state index contributed by atoms with van der Waals surface area (Å²) in [6.45, 7) is 11.4. The standard InChI is InChI=1S/C31H34N2O2S.C6H15N3/c1-4-5-7-12-22(2)28(19-20-36)32-23(3)25-17-18-29(30(34)21-25)33-31(35)27-16-11-10-15-26(27)24-13-8-6-9-14-24;1-2-3-4-5-9-6(7)8/h6,8-11,13-21,32,34,36H,3-5,7,12H2,1-2H3,(H,33,35);2-5H2,1H3,(H4,7,8,9)/b20-19-,28-22-;. The molecule has 0 spiro atoms. The summed E-state index contributed by atoms with van der Waals surface area (Å²) < 4.78 is 0. The van der Waals surface area contributed by atoms with E-state index in [0.29, 0.717) is 16.9 Å². The lowest BCUT2D eigenvalue weighted by molar-refractivity contribution is 0.102. The SMILES string of the molecule is C=C(NC(/C=C\S)=C(/C)CCCCC)c1ccc(NC(=O)c2ccccc2-c2ccccc2)c(O)c1.CCCCCN=C(N)N. The van der Waals surface area contributed by atoms with Crippen molar-refractivity contribution in [2.75, 3.05) is 11.9 Å². The van der Waals surface area contributed by atoms with Gasteiger partial charge in [0.15, 0.2) is 5.96 Å². The van der Waals surface area contributed by atoms with Crippen molar-refractivity contribution >= 4 is 35.9 Å². The van der Waals surface area contributed by atoms with E-state index in [0.717, 1.165) is 48.2 Å². The van der Waals surface area contributed by atoms with Crippen LogP contribution >= 0.6 is 12.6 Å². The van der Waals surface area contributed by atoms with Crippen molar-refractivity contribution in [1.82, 2.24) is 5.32 Å². The van der Waals surface area contributed by atoms with Crippen LogP contribution in [0.5, 0.6) is 5.75 Å². The zero-order valence-corrected chi connectivity index (χ0v) is 27.7. The van der Waals surface area contributed by atoms with Crippen LogP contribution in [0.25, 0.3) is 16.8 Å². The molecule has 0 aromatic heterocycles. The van der Waals surface area contributed by atoms with Crippen molar-refractivity contribution in [2.24, 2.45) is 16.5 Å². The topological polar surface area (TPSA) is 126 Å². The number of rotatable bonds is 15. The number of nitrogens with one attached hydrogen (secondary N) is 2. The number of hydrogen-bond donors (Lipinski definition) is 6. The lowest BCUT2D eigenvalue weighted by atomic mass is 9.99. The number of unbranched alkanes of at least 4 members (excludes halogenated alkanes) is 4. The molecule has 0 unspecified atom stereocenters. The minimum atomic E-state index is -0.290. The Morgan fingerprint density at radius 3 is 2.27 bits per heavy atom. The summed E-state index contributed by atoms with van der Waals surface area (Å²) in [5.74, 6) is -0.122. The van der Waals surface area contributed by atoms with Gasteiger partial charge in [-0.05, 0) is 72.6 Å². The van der Waals surface area contributed by atoms with Gasteiger partial charge >= 0.3 is 0 Å². The molecule has 240 valence electrons. The van der Waals surface area contributed by atoms with Crippen LogP contribution in [0.3, 0.4) is 0 Å². The molecule has 1 amide bonds. The van der Waals surface area contributed by atoms with E-state index in [-0.39, 0.29) is 17.6 Å². The molecule has 0 saturated carbocycles. The number of allylic oxidation sites excluding steroid dienone is 2. The quantitative estimate of drug-likeness (QED) is 0.0251. The monoisotopic (exact) mass is 627 g/mol. The number of thiol groups is 1. The summed E-state index contributed by atoms with van der Waals surface area (Å²) in [7, 11) is 0. The number of nitrogens with two attached hydrogens (primary N) is 2. The Balaban J connectivity index is 0.000000681. The first-order valence-electron chi connectivity index (χ1n) is 15.5. The van der Waals surface area contributed by atoms with E-state index < -0.39 is 0 Å². The molecule has 0 aliphatic carbocycles. The van der Waals surface area contributed by atoms with Crippen molar-refractivity contribution < 1.29 is 9.90 Å². The number of carbonyl (C=O) groups is 1. The highest BCUT2D eigenvalue weighted by molar-refractivity contribution is 7.83. The Labute approximate surface area is 274 Å². The molecule has 45 heavy (non-hydrogen) atoms. The van der Waals surface area contributed by atoms with Gasteiger partial charge in [-0.1, -0.05) is 101 Å². The highest BCUT2D eigenvalue weighted by Gasteiger charge is 2.15. The van der Waals surface area contributed by atoms with Crippen LogP contribution in [-0.2, 0) is 0 Å². The summed E-state index contributed by atoms with van der Waals surface area (Å²) in [5.41, 5.74) is 16.4. The van der Waals surface area contributed by atoms with Gasteiger partial charge in [-0.25, -0.2) is 0 Å². The predicted molar refractivity (Wildman–Crippen MR) is 195 cm³/mol. The minimum absolute atomic E-state index is 0.0315. The van der Waals surface area contributed by atoms with Gasteiger partial charge in [0.05, 0.1) is 5.69 Å². The van der Waals surface area contributed by atoms with E-state index in [1.165, 1.54) is 31.3 Å². The molecule has 0 bridgehead atoms. The summed E-state index contributed by atoms with van der Waals surface area (Å²) in [5, 5.41) is 18.6. The number of benzene rings is 3. The number of aromatic hydroxyl groups is 1. The van der Waals surface area contributed by atoms with Gasteiger partial charge in [-0.3, -0.25) is 9.79 Å². The van der Waals surface area contributed by atoms with Gasteiger partial charge in [-0.15, -0.1) is 0 Å². The first-order chi connectivity index (χ1) is 21.7. The molecule has 0 fully saturated rings. The molecule has 7 N–H and O–H groups in total. The van der Waals surface area contributed by atoms with Gasteiger partial charge < -0.3 is 27.2 Å². The first kappa shape index (κ1) is 36.8. The maximum absolute atomic E-state index is 13.1. The summed E-state index contributed by atoms with van der Waals surface area (Å²) in [4.78, 5) is 16.9. The van der Waals surface area contributed by atoms with Crippen LogP contribution < -0.4 is 22.1 Å². The average Bonchev–Trinajstić information content (AvgIpc) is 3.04. The molecule has 0 aliphatic rings. The van der Waals surface area contributed by atoms with Crippen molar-refractivity contribution in [2.45, 2.75) is 65.7 Å². The van der Waals surface area contributed by atoms with E-state index in [1.54, 1.807) is 23.6 Å². The molecule has 3 aromatic carbocycles. The number of anilines is 1. The summed E-state index contributed by atoms with van der Waals surface area (Å²) >= 11 is 4.23. The number of nitrogens with zero attached hydrogens (tertiary/aromatic N) is 1. The number of phenolic OH excluding ortho intramolecular Hbond substituents is 1. The van der Waals surface area contributed by atoms with E-state index in [4.69, 9.17) is 11.5 Å². The zero-order valence-electron chi connectivity index (χ0n) is 26.9. The lowest BCUT2D eigenvalue weighted by Gasteiger charge is -2.16. The van der Waals surface area contributed by atoms with Gasteiger partial charge in [0.1, 0.15) is 5.75 Å². The zero-order chi connectivity index (χ0) is 33.0. The smallest absolute Gasteiger partial charge is 0.256 e. The third-order valence-corrected chi connectivity index (χ3v) is 7.20. The fourth-order valence-electron chi connectivity index (χ4n) is 4.51. The van der Waals surface area contributed by atoms with Crippen LogP contribution in [0.1, 0.15) is 81.6 Å². The summed E-state index contributed by atoms with van der Waals surface area (Å²) in [6, 6.07) is 22.3. The maximum atomic E-state index is 13.1. The number of amides is 1. The molecule has 3 rings (SSSR count). The van der Waals surface area contributed by atoms with Crippen LogP contribution in [0.4, 0.5) is 5.69 Å². The predicted octanol–water partition coefficient (Wildman–Crippen LogP) is 8.62. The van der Waals surface area contributed by atoms with Crippen molar-refractivity contribution in [3.05, 3.63) is 113 Å². The van der Waals surface area contributed by atoms with E-state index >= 15 is 0 Å². The Morgan fingerprint density at radius 2 is 1.62 bits per heavy atom. The fraction of sp³-hybridized carbons (Fsp3) is 0.297. The molecule has 3 aromatic rings. The molecule has 0 heterocycles. The lowest BCUT2D eigenvalue weighted by Crippen LogP contribution is -2.22. The van der Waals surface area contributed by atoms with Crippen LogP contribution in [0.15, 0.2) is 107 Å². The number of carbonyl (C=O) groups excluding carboxylic acids is 1. The van der Waals surface area contributed by atoms with Crippen LogP contribution in [-0.4, -0.2) is 23.5 Å². The number of hydrogen-bond acceptors (Lipinski definition) is 5. The molecule has 8 heteroatoms. The van der Waals surface area contributed by atoms with Gasteiger partial charge in [0.25, 0.3) is 5.91 Å². The van der Waals surface area contributed by atoms with Gasteiger partial charge in [-0.2, -0.15) is 12.6 Å². The van der Waals surface area contributed by atoms with E-state index in [9.17, 15) is 9.90 Å². The molecule has 0 saturated heterocycles. The molecule has 7 nitrogen and oxygen atoms in total. The van der Waals surface area contributed by atoms with E-state index in [2.05, 4.69) is 55.6 Å². The molecule has 0 atom stereocenters. The number of phenols is 1. The Kier molecular flexibility index (Phi) is 16.8. The third kappa shape index (κ3) is 13.0. The average molecular weight is 628 g/mol. The third-order valence-electron chi connectivity index (χ3n) is 7.05.